The molecule has 0 aliphatic carbocycles. The first-order chi connectivity index (χ1) is 8.33. The van der Waals surface area contributed by atoms with Crippen molar-refractivity contribution in [3.05, 3.63) is 0 Å². The molecule has 1 N–H and O–H groups in total. The normalized spacial score (nSPS) is 38.4. The standard InChI is InChI=1S/C14H25NOS2/c1-10(17)18-9-16-12-8-14(4)7-5-6-11(15-14)13(12,2)3/h11-12,15H,5-9H2,1-4H3. The maximum atomic E-state index is 6.15. The Morgan fingerprint density at radius 1 is 1.44 bits per heavy atom. The van der Waals surface area contributed by atoms with E-state index in [9.17, 15) is 0 Å². The largest absolute Gasteiger partial charge is 0.367 e. The number of ether oxygens (including phenoxy) is 1. The Balaban J connectivity index is 2.01. The number of rotatable bonds is 3. The number of thioether (sulfide) groups is 1. The maximum absolute atomic E-state index is 6.15. The lowest BCUT2D eigenvalue weighted by molar-refractivity contribution is -0.0912. The van der Waals surface area contributed by atoms with Crippen LogP contribution in [0.25, 0.3) is 0 Å². The van der Waals surface area contributed by atoms with E-state index in [4.69, 9.17) is 17.0 Å². The van der Waals surface area contributed by atoms with Crippen molar-refractivity contribution >= 4 is 28.2 Å². The minimum atomic E-state index is 0.218. The highest BCUT2D eigenvalue weighted by Crippen LogP contribution is 2.45. The molecule has 0 aromatic rings. The molecule has 0 spiro atoms. The van der Waals surface area contributed by atoms with Crippen molar-refractivity contribution in [1.29, 1.82) is 0 Å². The van der Waals surface area contributed by atoms with Gasteiger partial charge in [0, 0.05) is 21.2 Å². The highest BCUT2D eigenvalue weighted by Gasteiger charge is 2.50. The highest BCUT2D eigenvalue weighted by molar-refractivity contribution is 8.22. The monoisotopic (exact) mass is 287 g/mol. The Morgan fingerprint density at radius 3 is 2.83 bits per heavy atom. The van der Waals surface area contributed by atoms with E-state index in [0.717, 1.165) is 10.6 Å². The van der Waals surface area contributed by atoms with Crippen molar-refractivity contribution in [3.63, 3.8) is 0 Å². The zero-order chi connectivity index (χ0) is 13.4. The van der Waals surface area contributed by atoms with Crippen LogP contribution in [-0.2, 0) is 4.74 Å². The van der Waals surface area contributed by atoms with E-state index in [0.29, 0.717) is 18.1 Å². The number of piperidine rings is 2. The average molecular weight is 287 g/mol. The quantitative estimate of drug-likeness (QED) is 0.630. The van der Waals surface area contributed by atoms with Crippen molar-refractivity contribution in [3.8, 4) is 0 Å². The minimum Gasteiger partial charge on any atom is -0.367 e. The van der Waals surface area contributed by atoms with Crippen LogP contribution < -0.4 is 5.32 Å². The van der Waals surface area contributed by atoms with Crippen LogP contribution in [0.4, 0.5) is 0 Å². The Hall–Kier alpha value is 0.360. The fourth-order valence-electron chi connectivity index (χ4n) is 3.35. The third-order valence-electron chi connectivity index (χ3n) is 4.64. The summed E-state index contributed by atoms with van der Waals surface area (Å²) in [5, 5.41) is 3.84. The van der Waals surface area contributed by atoms with Gasteiger partial charge >= 0.3 is 0 Å². The lowest BCUT2D eigenvalue weighted by atomic mass is 9.64. The van der Waals surface area contributed by atoms with E-state index >= 15 is 0 Å². The van der Waals surface area contributed by atoms with Gasteiger partial charge in [-0.25, -0.2) is 0 Å². The van der Waals surface area contributed by atoms with Gasteiger partial charge in [-0.2, -0.15) is 0 Å². The molecule has 0 amide bonds. The van der Waals surface area contributed by atoms with E-state index in [1.54, 1.807) is 11.8 Å². The molecule has 0 aromatic carbocycles. The molecule has 2 nitrogen and oxygen atoms in total. The maximum Gasteiger partial charge on any atom is 0.0975 e. The van der Waals surface area contributed by atoms with Gasteiger partial charge in [-0.15, -0.1) is 0 Å². The summed E-state index contributed by atoms with van der Waals surface area (Å²) >= 11 is 6.73. The molecule has 0 saturated carbocycles. The van der Waals surface area contributed by atoms with Crippen LogP contribution in [0, 0.1) is 5.41 Å². The van der Waals surface area contributed by atoms with Crippen LogP contribution in [0.1, 0.15) is 53.4 Å². The average Bonchev–Trinajstić information content (AvgIpc) is 2.25. The summed E-state index contributed by atoms with van der Waals surface area (Å²) in [6, 6.07) is 0.591. The van der Waals surface area contributed by atoms with Crippen molar-refractivity contribution in [1.82, 2.24) is 5.32 Å². The number of hydrogen-bond donors (Lipinski definition) is 1. The Bertz CT molecular complexity index is 332. The molecule has 2 fully saturated rings. The fraction of sp³-hybridized carbons (Fsp3) is 0.929. The van der Waals surface area contributed by atoms with E-state index in [-0.39, 0.29) is 11.0 Å². The summed E-state index contributed by atoms with van der Waals surface area (Å²) in [5.74, 6) is 0.701. The van der Waals surface area contributed by atoms with Gasteiger partial charge in [-0.1, -0.05) is 44.2 Å². The minimum absolute atomic E-state index is 0.218. The molecule has 18 heavy (non-hydrogen) atoms. The summed E-state index contributed by atoms with van der Waals surface area (Å²) in [6.07, 6.45) is 5.36. The summed E-state index contributed by atoms with van der Waals surface area (Å²) in [7, 11) is 0. The molecule has 2 aliphatic heterocycles. The van der Waals surface area contributed by atoms with Crippen molar-refractivity contribution in [2.75, 3.05) is 5.94 Å². The van der Waals surface area contributed by atoms with Gasteiger partial charge in [0.1, 0.15) is 0 Å². The topological polar surface area (TPSA) is 21.3 Å². The van der Waals surface area contributed by atoms with Gasteiger partial charge in [0.25, 0.3) is 0 Å². The van der Waals surface area contributed by atoms with Gasteiger partial charge in [0.2, 0.25) is 0 Å². The van der Waals surface area contributed by atoms with E-state index in [2.05, 4.69) is 26.1 Å². The molecule has 3 unspecified atom stereocenters. The number of hydrogen-bond acceptors (Lipinski definition) is 4. The summed E-state index contributed by atoms with van der Waals surface area (Å²) < 4.78 is 7.11. The molecule has 2 aliphatic rings. The molecular formula is C14H25NOS2. The van der Waals surface area contributed by atoms with Crippen LogP contribution in [0.3, 0.4) is 0 Å². The van der Waals surface area contributed by atoms with Gasteiger partial charge in [-0.05, 0) is 33.1 Å². The van der Waals surface area contributed by atoms with Crippen LogP contribution >= 0.6 is 24.0 Å². The lowest BCUT2D eigenvalue weighted by Crippen LogP contribution is -2.66. The zero-order valence-corrected chi connectivity index (χ0v) is 13.5. The van der Waals surface area contributed by atoms with Crippen molar-refractivity contribution in [2.24, 2.45) is 5.41 Å². The number of nitrogens with one attached hydrogen (secondary N) is 1. The second-order valence-corrected chi connectivity index (χ2v) is 8.59. The number of fused-ring (bicyclic) bond motifs is 2. The summed E-state index contributed by atoms with van der Waals surface area (Å²) in [6.45, 7) is 9.00. The smallest absolute Gasteiger partial charge is 0.0975 e. The van der Waals surface area contributed by atoms with E-state index in [1.165, 1.54) is 19.3 Å². The van der Waals surface area contributed by atoms with E-state index in [1.807, 2.05) is 6.92 Å². The lowest BCUT2D eigenvalue weighted by Gasteiger charge is -2.56. The molecule has 0 aromatic heterocycles. The molecule has 0 radical (unpaired) electrons. The summed E-state index contributed by atoms with van der Waals surface area (Å²) in [5.41, 5.74) is 0.496. The van der Waals surface area contributed by atoms with E-state index < -0.39 is 0 Å². The third-order valence-corrected chi connectivity index (χ3v) is 5.65. The first-order valence-corrected chi connectivity index (χ1v) is 8.25. The van der Waals surface area contributed by atoms with Crippen LogP contribution in [0.2, 0.25) is 0 Å². The third kappa shape index (κ3) is 3.09. The molecule has 104 valence electrons. The zero-order valence-electron chi connectivity index (χ0n) is 11.9. The second kappa shape index (κ2) is 5.39. The van der Waals surface area contributed by atoms with Crippen LogP contribution in [0.15, 0.2) is 0 Å². The highest BCUT2D eigenvalue weighted by atomic mass is 32.2. The predicted octanol–water partition coefficient (Wildman–Crippen LogP) is 3.74. The van der Waals surface area contributed by atoms with Crippen LogP contribution in [-0.4, -0.2) is 27.8 Å². The molecule has 2 rings (SSSR count). The predicted molar refractivity (Wildman–Crippen MR) is 83.2 cm³/mol. The Morgan fingerprint density at radius 2 is 2.17 bits per heavy atom. The van der Waals surface area contributed by atoms with Gasteiger partial charge in [-0.3, -0.25) is 0 Å². The molecule has 2 bridgehead atoms. The molecule has 2 heterocycles. The Kier molecular flexibility index (Phi) is 4.42. The summed E-state index contributed by atoms with van der Waals surface area (Å²) in [4.78, 5) is 0. The molecular weight excluding hydrogens is 262 g/mol. The van der Waals surface area contributed by atoms with Crippen molar-refractivity contribution < 1.29 is 4.74 Å². The SMILES string of the molecule is CC(=S)SCOC1CC2(C)CCCC(N2)C1(C)C. The first kappa shape index (κ1) is 14.8. The van der Waals surface area contributed by atoms with Crippen LogP contribution in [0.5, 0.6) is 0 Å². The fourth-order valence-corrected chi connectivity index (χ4v) is 3.89. The second-order valence-electron chi connectivity index (χ2n) is 6.58. The molecule has 2 saturated heterocycles. The van der Waals surface area contributed by atoms with Crippen molar-refractivity contribution in [2.45, 2.75) is 71.1 Å². The molecule has 4 heteroatoms. The van der Waals surface area contributed by atoms with Gasteiger partial charge in [0.05, 0.1) is 12.0 Å². The first-order valence-electron chi connectivity index (χ1n) is 6.86. The number of thiocarbonyl (C=S) groups is 1. The van der Waals surface area contributed by atoms with Gasteiger partial charge in [0.15, 0.2) is 0 Å². The Labute approximate surface area is 121 Å². The van der Waals surface area contributed by atoms with Gasteiger partial charge < -0.3 is 10.1 Å². The molecule has 3 atom stereocenters.